The average molecular weight is 158 g/mol. The van der Waals surface area contributed by atoms with Crippen molar-refractivity contribution in [3.8, 4) is 0 Å². The highest BCUT2D eigenvalue weighted by atomic mass is 32.1. The molecule has 54 valence electrons. The number of hydrogen-bond donors (Lipinski definition) is 2. The van der Waals surface area contributed by atoms with Crippen LogP contribution in [0.4, 0.5) is 5.13 Å². The fourth-order valence-corrected chi connectivity index (χ4v) is 1.16. The van der Waals surface area contributed by atoms with Crippen molar-refractivity contribution < 1.29 is 9.90 Å². The van der Waals surface area contributed by atoms with Crippen LogP contribution in [-0.4, -0.2) is 16.5 Å². The monoisotopic (exact) mass is 158 g/mol. The number of carbonyl (C=O) groups is 1. The van der Waals surface area contributed by atoms with E-state index in [4.69, 9.17) is 5.11 Å². The maximum absolute atomic E-state index is 9.86. The Hall–Kier alpha value is -0.940. The molecule has 1 aromatic heterocycles. The summed E-state index contributed by atoms with van der Waals surface area (Å²) in [6.45, 7) is -0.0863. The van der Waals surface area contributed by atoms with E-state index in [1.807, 2.05) is 0 Å². The quantitative estimate of drug-likeness (QED) is 0.618. The molecule has 0 aliphatic heterocycles. The largest absolute Gasteiger partial charge is 0.390 e. The maximum atomic E-state index is 9.86. The first-order chi connectivity index (χ1) is 4.86. The summed E-state index contributed by atoms with van der Waals surface area (Å²) in [6.07, 6.45) is 0.556. The maximum Gasteiger partial charge on any atom is 0.213 e. The highest BCUT2D eigenvalue weighted by molar-refractivity contribution is 7.13. The molecule has 0 aliphatic carbocycles. The first-order valence-corrected chi connectivity index (χ1v) is 3.50. The number of carbonyl (C=O) groups excluding carboxylic acids is 1. The lowest BCUT2D eigenvalue weighted by Crippen LogP contribution is -1.92. The molecule has 0 saturated heterocycles. The third-order valence-electron chi connectivity index (χ3n) is 0.896. The number of hydrogen-bond acceptors (Lipinski definition) is 4. The number of anilines is 1. The average Bonchev–Trinajstić information content (AvgIpc) is 2.37. The zero-order valence-electron chi connectivity index (χ0n) is 5.07. The highest BCUT2D eigenvalue weighted by Crippen LogP contribution is 2.13. The minimum absolute atomic E-state index is 0.0863. The van der Waals surface area contributed by atoms with E-state index in [2.05, 4.69) is 10.3 Å². The smallest absolute Gasteiger partial charge is 0.213 e. The van der Waals surface area contributed by atoms with E-state index in [1.54, 1.807) is 5.38 Å². The van der Waals surface area contributed by atoms with Gasteiger partial charge in [-0.3, -0.25) is 4.79 Å². The number of aromatic nitrogens is 1. The normalized spacial score (nSPS) is 9.30. The van der Waals surface area contributed by atoms with Crippen LogP contribution in [0.1, 0.15) is 5.69 Å². The van der Waals surface area contributed by atoms with Gasteiger partial charge in [0.2, 0.25) is 6.41 Å². The predicted molar refractivity (Wildman–Crippen MR) is 37.7 cm³/mol. The molecule has 1 aromatic rings. The third-order valence-corrected chi connectivity index (χ3v) is 1.72. The van der Waals surface area contributed by atoms with Crippen molar-refractivity contribution >= 4 is 22.9 Å². The van der Waals surface area contributed by atoms with E-state index in [0.717, 1.165) is 0 Å². The van der Waals surface area contributed by atoms with Gasteiger partial charge in [0.05, 0.1) is 12.3 Å². The lowest BCUT2D eigenvalue weighted by Gasteiger charge is -1.85. The van der Waals surface area contributed by atoms with Gasteiger partial charge in [-0.2, -0.15) is 0 Å². The fraction of sp³-hybridized carbons (Fsp3) is 0.200. The number of rotatable bonds is 3. The van der Waals surface area contributed by atoms with Crippen LogP contribution < -0.4 is 5.32 Å². The Morgan fingerprint density at radius 1 is 1.90 bits per heavy atom. The van der Waals surface area contributed by atoms with Gasteiger partial charge in [-0.15, -0.1) is 11.3 Å². The zero-order valence-corrected chi connectivity index (χ0v) is 5.89. The summed E-state index contributed by atoms with van der Waals surface area (Å²) >= 11 is 1.29. The van der Waals surface area contributed by atoms with Gasteiger partial charge >= 0.3 is 0 Å². The van der Waals surface area contributed by atoms with Crippen molar-refractivity contribution in [3.63, 3.8) is 0 Å². The van der Waals surface area contributed by atoms with E-state index < -0.39 is 0 Å². The molecule has 0 aromatic carbocycles. The van der Waals surface area contributed by atoms with Crippen molar-refractivity contribution in [1.29, 1.82) is 0 Å². The van der Waals surface area contributed by atoms with Gasteiger partial charge in [-0.1, -0.05) is 0 Å². The van der Waals surface area contributed by atoms with Crippen LogP contribution in [0.5, 0.6) is 0 Å². The summed E-state index contributed by atoms with van der Waals surface area (Å²) in [6, 6.07) is 0. The van der Waals surface area contributed by atoms with Gasteiger partial charge in [0.1, 0.15) is 0 Å². The molecule has 2 N–H and O–H groups in total. The van der Waals surface area contributed by atoms with Gasteiger partial charge in [0, 0.05) is 5.38 Å². The topological polar surface area (TPSA) is 62.2 Å². The second kappa shape index (κ2) is 3.28. The zero-order chi connectivity index (χ0) is 7.40. The molecule has 0 aliphatic rings. The number of nitrogens with one attached hydrogen (secondary N) is 1. The molecule has 0 radical (unpaired) electrons. The summed E-state index contributed by atoms with van der Waals surface area (Å²) in [7, 11) is 0. The first-order valence-electron chi connectivity index (χ1n) is 2.62. The first kappa shape index (κ1) is 7.17. The molecule has 0 unspecified atom stereocenters. The van der Waals surface area contributed by atoms with Crippen molar-refractivity contribution in [2.75, 3.05) is 5.32 Å². The van der Waals surface area contributed by atoms with Crippen LogP contribution in [0.25, 0.3) is 0 Å². The number of aliphatic hydroxyl groups is 1. The molecular formula is C5H6N2O2S. The van der Waals surface area contributed by atoms with E-state index in [9.17, 15) is 4.79 Å². The van der Waals surface area contributed by atoms with Crippen molar-refractivity contribution in [3.05, 3.63) is 11.1 Å². The van der Waals surface area contributed by atoms with Crippen LogP contribution in [0.15, 0.2) is 5.38 Å². The standard InChI is InChI=1S/C5H6N2O2S/c8-1-4-2-10-5(7-4)6-3-9/h2-3,8H,1H2,(H,6,7,9). The van der Waals surface area contributed by atoms with Crippen LogP contribution in [-0.2, 0) is 11.4 Å². The summed E-state index contributed by atoms with van der Waals surface area (Å²) in [5.41, 5.74) is 0.578. The molecule has 0 spiro atoms. The number of amides is 1. The Bertz CT molecular complexity index is 223. The van der Waals surface area contributed by atoms with Gasteiger partial charge in [-0.05, 0) is 0 Å². The minimum atomic E-state index is -0.0863. The lowest BCUT2D eigenvalue weighted by molar-refractivity contribution is -0.105. The predicted octanol–water partition coefficient (Wildman–Crippen LogP) is 0.204. The Kier molecular flexibility index (Phi) is 2.35. The Morgan fingerprint density at radius 2 is 2.70 bits per heavy atom. The van der Waals surface area contributed by atoms with E-state index in [-0.39, 0.29) is 6.61 Å². The molecule has 0 saturated carbocycles. The molecule has 5 heteroatoms. The van der Waals surface area contributed by atoms with E-state index in [1.165, 1.54) is 11.3 Å². The number of thiazole rings is 1. The fourth-order valence-electron chi connectivity index (χ4n) is 0.496. The van der Waals surface area contributed by atoms with Crippen LogP contribution in [0, 0.1) is 0 Å². The molecule has 0 fully saturated rings. The van der Waals surface area contributed by atoms with E-state index in [0.29, 0.717) is 17.2 Å². The van der Waals surface area contributed by atoms with Crippen molar-refractivity contribution in [2.45, 2.75) is 6.61 Å². The second-order valence-electron chi connectivity index (χ2n) is 1.56. The van der Waals surface area contributed by atoms with Gasteiger partial charge in [0.25, 0.3) is 0 Å². The Balaban J connectivity index is 2.67. The SMILES string of the molecule is O=CNc1nc(CO)cs1. The summed E-state index contributed by atoms with van der Waals surface area (Å²) < 4.78 is 0. The van der Waals surface area contributed by atoms with Crippen LogP contribution in [0.3, 0.4) is 0 Å². The number of nitrogens with zero attached hydrogens (tertiary/aromatic N) is 1. The van der Waals surface area contributed by atoms with Gasteiger partial charge in [0.15, 0.2) is 5.13 Å². The van der Waals surface area contributed by atoms with E-state index >= 15 is 0 Å². The van der Waals surface area contributed by atoms with Crippen molar-refractivity contribution in [1.82, 2.24) is 4.98 Å². The molecule has 1 heterocycles. The molecule has 4 nitrogen and oxygen atoms in total. The van der Waals surface area contributed by atoms with Gasteiger partial charge < -0.3 is 10.4 Å². The third kappa shape index (κ3) is 1.52. The molecule has 0 atom stereocenters. The molecule has 1 amide bonds. The van der Waals surface area contributed by atoms with Crippen LogP contribution in [0.2, 0.25) is 0 Å². The molecule has 1 rings (SSSR count). The second-order valence-corrected chi connectivity index (χ2v) is 2.42. The molecule has 0 bridgehead atoms. The lowest BCUT2D eigenvalue weighted by atomic mass is 10.5. The summed E-state index contributed by atoms with van der Waals surface area (Å²) in [5.74, 6) is 0. The number of aliphatic hydroxyl groups excluding tert-OH is 1. The van der Waals surface area contributed by atoms with Crippen molar-refractivity contribution in [2.24, 2.45) is 0 Å². The summed E-state index contributed by atoms with van der Waals surface area (Å²) in [5, 5.41) is 13.1. The Labute approximate surface area is 61.5 Å². The van der Waals surface area contributed by atoms with Gasteiger partial charge in [-0.25, -0.2) is 4.98 Å². The van der Waals surface area contributed by atoms with Crippen LogP contribution >= 0.6 is 11.3 Å². The summed E-state index contributed by atoms with van der Waals surface area (Å²) in [4.78, 5) is 13.7. The highest BCUT2D eigenvalue weighted by Gasteiger charge is 1.97. The molecular weight excluding hydrogens is 152 g/mol. The molecule has 10 heavy (non-hydrogen) atoms. The minimum Gasteiger partial charge on any atom is -0.390 e. The Morgan fingerprint density at radius 3 is 3.20 bits per heavy atom.